The predicted octanol–water partition coefficient (Wildman–Crippen LogP) is 2.10. The molecule has 0 aliphatic heterocycles. The van der Waals surface area contributed by atoms with E-state index in [1.807, 2.05) is 33.2 Å². The summed E-state index contributed by atoms with van der Waals surface area (Å²) in [5.41, 5.74) is 3.11. The Hall–Kier alpha value is -1.89. The number of aromatic nitrogens is 3. The van der Waals surface area contributed by atoms with Gasteiger partial charge >= 0.3 is 6.03 Å². The lowest BCUT2D eigenvalue weighted by atomic mass is 10.1. The summed E-state index contributed by atoms with van der Waals surface area (Å²) in [5, 5.41) is 13.0. The highest BCUT2D eigenvalue weighted by Gasteiger charge is 2.14. The van der Waals surface area contributed by atoms with Crippen molar-refractivity contribution in [3.05, 3.63) is 33.5 Å². The average Bonchev–Trinajstić information content (AvgIpc) is 2.97. The van der Waals surface area contributed by atoms with E-state index in [4.69, 9.17) is 0 Å². The first-order valence-electron chi connectivity index (χ1n) is 6.91. The molecule has 2 aromatic heterocycles. The monoisotopic (exact) mass is 307 g/mol. The molecule has 0 saturated heterocycles. The number of nitrogens with zero attached hydrogens (tertiary/aromatic N) is 3. The van der Waals surface area contributed by atoms with Crippen LogP contribution in [-0.2, 0) is 13.5 Å². The van der Waals surface area contributed by atoms with E-state index in [9.17, 15) is 4.79 Å². The maximum Gasteiger partial charge on any atom is 0.315 e. The molecule has 2 heterocycles. The topological polar surface area (TPSA) is 71.8 Å². The predicted molar refractivity (Wildman–Crippen MR) is 83.4 cm³/mol. The number of carbonyl (C=O) groups is 1. The molecule has 6 nitrogen and oxygen atoms in total. The van der Waals surface area contributed by atoms with E-state index >= 15 is 0 Å². The Morgan fingerprint density at radius 1 is 1.48 bits per heavy atom. The molecule has 0 aromatic carbocycles. The summed E-state index contributed by atoms with van der Waals surface area (Å²) in [7, 11) is 1.89. The number of thiazole rings is 1. The molecule has 7 heteroatoms. The first-order valence-corrected chi connectivity index (χ1v) is 7.79. The number of amides is 2. The van der Waals surface area contributed by atoms with Crippen molar-refractivity contribution >= 4 is 17.4 Å². The maximum absolute atomic E-state index is 11.9. The second-order valence-electron chi connectivity index (χ2n) is 5.04. The van der Waals surface area contributed by atoms with Crippen molar-refractivity contribution in [3.8, 4) is 0 Å². The molecule has 2 aromatic rings. The summed E-state index contributed by atoms with van der Waals surface area (Å²) >= 11 is 1.63. The van der Waals surface area contributed by atoms with E-state index < -0.39 is 0 Å². The molecule has 0 radical (unpaired) electrons. The third-order valence-electron chi connectivity index (χ3n) is 3.42. The molecule has 2 rings (SSSR count). The molecule has 21 heavy (non-hydrogen) atoms. The largest absolute Gasteiger partial charge is 0.338 e. The molecule has 0 bridgehead atoms. The van der Waals surface area contributed by atoms with Crippen LogP contribution in [0.25, 0.3) is 0 Å². The number of hydrogen-bond acceptors (Lipinski definition) is 4. The van der Waals surface area contributed by atoms with Crippen LogP contribution in [0.3, 0.4) is 0 Å². The standard InChI is InChI=1S/C14H21N5OS/c1-9(13-7-16-19(4)10(13)2)17-14(20)15-6-5-12-8-21-11(3)18-12/h7-9H,5-6H2,1-4H3,(H2,15,17,20)/t9-/m1/s1. The lowest BCUT2D eigenvalue weighted by Gasteiger charge is -2.14. The molecule has 0 saturated carbocycles. The molecule has 0 aliphatic carbocycles. The normalized spacial score (nSPS) is 12.2. The Labute approximate surface area is 128 Å². The molecule has 0 fully saturated rings. The van der Waals surface area contributed by atoms with Crippen LogP contribution in [0.2, 0.25) is 0 Å². The Morgan fingerprint density at radius 3 is 2.81 bits per heavy atom. The lowest BCUT2D eigenvalue weighted by Crippen LogP contribution is -2.38. The smallest absolute Gasteiger partial charge is 0.315 e. The number of carbonyl (C=O) groups excluding carboxylic acids is 1. The molecular formula is C14H21N5OS. The zero-order chi connectivity index (χ0) is 15.4. The fourth-order valence-corrected chi connectivity index (χ4v) is 2.74. The third kappa shape index (κ3) is 4.04. The Kier molecular flexibility index (Phi) is 4.95. The second-order valence-corrected chi connectivity index (χ2v) is 6.10. The molecule has 0 aliphatic rings. The molecule has 0 unspecified atom stereocenters. The van der Waals surface area contributed by atoms with E-state index in [0.717, 1.165) is 28.4 Å². The number of hydrogen-bond donors (Lipinski definition) is 2. The molecular weight excluding hydrogens is 286 g/mol. The van der Waals surface area contributed by atoms with Gasteiger partial charge < -0.3 is 10.6 Å². The van der Waals surface area contributed by atoms with Gasteiger partial charge in [-0.25, -0.2) is 9.78 Å². The van der Waals surface area contributed by atoms with Gasteiger partial charge in [-0.1, -0.05) is 0 Å². The summed E-state index contributed by atoms with van der Waals surface area (Å²) in [6, 6.07) is -0.238. The highest BCUT2D eigenvalue weighted by atomic mass is 32.1. The average molecular weight is 307 g/mol. The fraction of sp³-hybridized carbons (Fsp3) is 0.500. The minimum absolute atomic E-state index is 0.0692. The number of rotatable bonds is 5. The minimum Gasteiger partial charge on any atom is -0.338 e. The van der Waals surface area contributed by atoms with Gasteiger partial charge in [-0.05, 0) is 20.8 Å². The van der Waals surface area contributed by atoms with Gasteiger partial charge in [-0.2, -0.15) is 5.10 Å². The van der Waals surface area contributed by atoms with Crippen molar-refractivity contribution in [2.45, 2.75) is 33.2 Å². The SMILES string of the molecule is Cc1nc(CCNC(=O)N[C@H](C)c2cnn(C)c2C)cs1. The summed E-state index contributed by atoms with van der Waals surface area (Å²) in [5.74, 6) is 0. The van der Waals surface area contributed by atoms with Gasteiger partial charge in [0.1, 0.15) is 0 Å². The Bertz CT molecular complexity index is 619. The van der Waals surface area contributed by atoms with Gasteiger partial charge in [0.2, 0.25) is 0 Å². The summed E-state index contributed by atoms with van der Waals surface area (Å²) < 4.78 is 1.80. The van der Waals surface area contributed by atoms with Gasteiger partial charge in [0, 0.05) is 36.7 Å². The lowest BCUT2D eigenvalue weighted by molar-refractivity contribution is 0.238. The minimum atomic E-state index is -0.169. The van der Waals surface area contributed by atoms with Crippen LogP contribution in [-0.4, -0.2) is 27.3 Å². The van der Waals surface area contributed by atoms with Crippen molar-refractivity contribution in [2.75, 3.05) is 6.54 Å². The van der Waals surface area contributed by atoms with Crippen LogP contribution < -0.4 is 10.6 Å². The van der Waals surface area contributed by atoms with E-state index in [2.05, 4.69) is 20.7 Å². The quantitative estimate of drug-likeness (QED) is 0.888. The molecule has 1 atom stereocenters. The van der Waals surface area contributed by atoms with Crippen LogP contribution in [0.15, 0.2) is 11.6 Å². The van der Waals surface area contributed by atoms with Crippen molar-refractivity contribution in [1.82, 2.24) is 25.4 Å². The van der Waals surface area contributed by atoms with E-state index in [0.29, 0.717) is 6.54 Å². The number of aryl methyl sites for hydroxylation is 2. The van der Waals surface area contributed by atoms with Crippen LogP contribution >= 0.6 is 11.3 Å². The Balaban J connectivity index is 1.77. The van der Waals surface area contributed by atoms with Gasteiger partial charge in [-0.15, -0.1) is 11.3 Å². The fourth-order valence-electron chi connectivity index (χ4n) is 2.09. The highest BCUT2D eigenvalue weighted by Crippen LogP contribution is 2.15. The maximum atomic E-state index is 11.9. The van der Waals surface area contributed by atoms with Crippen LogP contribution in [0.5, 0.6) is 0 Å². The van der Waals surface area contributed by atoms with Gasteiger partial charge in [0.25, 0.3) is 0 Å². The zero-order valence-corrected chi connectivity index (χ0v) is 13.6. The third-order valence-corrected chi connectivity index (χ3v) is 4.24. The Morgan fingerprint density at radius 2 is 2.24 bits per heavy atom. The van der Waals surface area contributed by atoms with Gasteiger partial charge in [0.05, 0.1) is 22.9 Å². The van der Waals surface area contributed by atoms with E-state index in [-0.39, 0.29) is 12.1 Å². The first kappa shape index (κ1) is 15.5. The molecule has 0 spiro atoms. The van der Waals surface area contributed by atoms with Crippen molar-refractivity contribution < 1.29 is 4.79 Å². The van der Waals surface area contributed by atoms with Gasteiger partial charge in [0.15, 0.2) is 0 Å². The summed E-state index contributed by atoms with van der Waals surface area (Å²) in [6.07, 6.45) is 2.54. The van der Waals surface area contributed by atoms with Crippen LogP contribution in [0.1, 0.15) is 34.9 Å². The second kappa shape index (κ2) is 6.71. The summed E-state index contributed by atoms with van der Waals surface area (Å²) in [6.45, 7) is 6.50. The van der Waals surface area contributed by atoms with Gasteiger partial charge in [-0.3, -0.25) is 4.68 Å². The number of nitrogens with one attached hydrogen (secondary N) is 2. The zero-order valence-electron chi connectivity index (χ0n) is 12.8. The van der Waals surface area contributed by atoms with Crippen LogP contribution in [0.4, 0.5) is 4.79 Å². The van der Waals surface area contributed by atoms with Crippen molar-refractivity contribution in [2.24, 2.45) is 7.05 Å². The first-order chi connectivity index (χ1) is 9.97. The summed E-state index contributed by atoms with van der Waals surface area (Å²) in [4.78, 5) is 16.2. The number of urea groups is 1. The molecule has 2 amide bonds. The van der Waals surface area contributed by atoms with E-state index in [1.54, 1.807) is 22.2 Å². The van der Waals surface area contributed by atoms with Crippen molar-refractivity contribution in [3.63, 3.8) is 0 Å². The van der Waals surface area contributed by atoms with E-state index in [1.165, 1.54) is 0 Å². The highest BCUT2D eigenvalue weighted by molar-refractivity contribution is 7.09. The van der Waals surface area contributed by atoms with Crippen molar-refractivity contribution in [1.29, 1.82) is 0 Å². The van der Waals surface area contributed by atoms with Crippen LogP contribution in [0, 0.1) is 13.8 Å². The molecule has 2 N–H and O–H groups in total. The molecule has 114 valence electrons.